The molecule has 2 atom stereocenters. The number of nitrogens with one attached hydrogen (secondary N) is 2. The van der Waals surface area contributed by atoms with Gasteiger partial charge in [-0.15, -0.1) is 0 Å². The predicted octanol–water partition coefficient (Wildman–Crippen LogP) is 2.95. The zero-order valence-corrected chi connectivity index (χ0v) is 12.9. The molecule has 3 rings (SSSR count). The lowest BCUT2D eigenvalue weighted by molar-refractivity contribution is -0.122. The maximum atomic E-state index is 12.3. The average molecular weight is 286 g/mol. The van der Waals surface area contributed by atoms with Crippen LogP contribution in [0.15, 0.2) is 24.3 Å². The smallest absolute Gasteiger partial charge is 0.220 e. The van der Waals surface area contributed by atoms with Crippen LogP contribution in [-0.4, -0.2) is 19.0 Å². The summed E-state index contributed by atoms with van der Waals surface area (Å²) in [5.41, 5.74) is 2.53. The van der Waals surface area contributed by atoms with Crippen molar-refractivity contribution in [1.29, 1.82) is 0 Å². The molecule has 21 heavy (non-hydrogen) atoms. The van der Waals surface area contributed by atoms with E-state index < -0.39 is 0 Å². The van der Waals surface area contributed by atoms with Gasteiger partial charge in [0.05, 0.1) is 6.04 Å². The van der Waals surface area contributed by atoms with E-state index in [1.54, 1.807) is 0 Å². The van der Waals surface area contributed by atoms with Crippen molar-refractivity contribution in [2.75, 3.05) is 13.1 Å². The summed E-state index contributed by atoms with van der Waals surface area (Å²) in [5, 5.41) is 6.64. The first-order valence-corrected chi connectivity index (χ1v) is 8.29. The molecule has 2 unspecified atom stereocenters. The number of carbonyl (C=O) groups excluding carboxylic acids is 1. The molecule has 0 spiro atoms. The third-order valence-corrected chi connectivity index (χ3v) is 4.79. The molecule has 1 amide bonds. The van der Waals surface area contributed by atoms with Gasteiger partial charge >= 0.3 is 0 Å². The summed E-state index contributed by atoms with van der Waals surface area (Å²) in [6.07, 6.45) is 5.39. The van der Waals surface area contributed by atoms with E-state index in [9.17, 15) is 4.79 Å². The Bertz CT molecular complexity index is 472. The molecule has 2 aliphatic rings. The number of carbonyl (C=O) groups is 1. The van der Waals surface area contributed by atoms with Crippen molar-refractivity contribution >= 4 is 5.91 Å². The highest BCUT2D eigenvalue weighted by Gasteiger charge is 2.33. The summed E-state index contributed by atoms with van der Waals surface area (Å²) < 4.78 is 0. The molecule has 1 saturated carbocycles. The van der Waals surface area contributed by atoms with Gasteiger partial charge < -0.3 is 10.6 Å². The molecule has 2 fully saturated rings. The second kappa shape index (κ2) is 6.61. The first-order chi connectivity index (χ1) is 10.2. The van der Waals surface area contributed by atoms with Crippen molar-refractivity contribution in [2.45, 2.75) is 45.1 Å². The molecule has 3 heteroatoms. The van der Waals surface area contributed by atoms with Crippen LogP contribution < -0.4 is 10.6 Å². The highest BCUT2D eigenvalue weighted by molar-refractivity contribution is 5.76. The molecule has 1 heterocycles. The standard InChI is InChI=1S/C18H26N2O/c1-13-2-5-15(6-3-13)18(16-7-8-16)20-17(21)9-4-14-10-11-19-12-14/h2-3,5-6,14,16,18-19H,4,7-12H2,1H3,(H,20,21). The summed E-state index contributed by atoms with van der Waals surface area (Å²) in [6.45, 7) is 4.29. The lowest BCUT2D eigenvalue weighted by Gasteiger charge is -2.19. The van der Waals surface area contributed by atoms with Gasteiger partial charge in [-0.2, -0.15) is 0 Å². The highest BCUT2D eigenvalue weighted by Crippen LogP contribution is 2.41. The molecule has 114 valence electrons. The van der Waals surface area contributed by atoms with Gasteiger partial charge in [-0.25, -0.2) is 0 Å². The summed E-state index contributed by atoms with van der Waals surface area (Å²) in [4.78, 5) is 12.3. The van der Waals surface area contributed by atoms with Crippen LogP contribution in [0.3, 0.4) is 0 Å². The van der Waals surface area contributed by atoms with E-state index >= 15 is 0 Å². The molecular formula is C18H26N2O. The van der Waals surface area contributed by atoms with Crippen LogP contribution in [-0.2, 0) is 4.79 Å². The molecule has 1 aromatic carbocycles. The Morgan fingerprint density at radius 3 is 2.67 bits per heavy atom. The molecule has 1 aromatic rings. The molecule has 3 nitrogen and oxygen atoms in total. The third kappa shape index (κ3) is 4.07. The van der Waals surface area contributed by atoms with Crippen molar-refractivity contribution in [3.63, 3.8) is 0 Å². The lowest BCUT2D eigenvalue weighted by atomic mass is 9.99. The second-order valence-corrected chi connectivity index (χ2v) is 6.69. The van der Waals surface area contributed by atoms with Crippen LogP contribution in [0.25, 0.3) is 0 Å². The number of hydrogen-bond acceptors (Lipinski definition) is 2. The lowest BCUT2D eigenvalue weighted by Crippen LogP contribution is -2.30. The summed E-state index contributed by atoms with van der Waals surface area (Å²) in [6, 6.07) is 8.83. The maximum absolute atomic E-state index is 12.3. The van der Waals surface area contributed by atoms with E-state index in [4.69, 9.17) is 0 Å². The van der Waals surface area contributed by atoms with E-state index in [0.29, 0.717) is 18.3 Å². The third-order valence-electron chi connectivity index (χ3n) is 4.79. The van der Waals surface area contributed by atoms with Gasteiger partial charge in [0.1, 0.15) is 0 Å². The van der Waals surface area contributed by atoms with Crippen molar-refractivity contribution in [2.24, 2.45) is 11.8 Å². The Labute approximate surface area is 127 Å². The minimum atomic E-state index is 0.222. The van der Waals surface area contributed by atoms with Crippen molar-refractivity contribution in [1.82, 2.24) is 10.6 Å². The summed E-state index contributed by atoms with van der Waals surface area (Å²) in [5.74, 6) is 1.55. The monoisotopic (exact) mass is 286 g/mol. The summed E-state index contributed by atoms with van der Waals surface area (Å²) >= 11 is 0. The highest BCUT2D eigenvalue weighted by atomic mass is 16.1. The molecule has 0 bridgehead atoms. The largest absolute Gasteiger partial charge is 0.349 e. The van der Waals surface area contributed by atoms with Gasteiger partial charge in [-0.1, -0.05) is 29.8 Å². The van der Waals surface area contributed by atoms with Gasteiger partial charge in [0.15, 0.2) is 0 Å². The first-order valence-electron chi connectivity index (χ1n) is 8.29. The van der Waals surface area contributed by atoms with Gasteiger partial charge in [0, 0.05) is 6.42 Å². The quantitative estimate of drug-likeness (QED) is 0.844. The minimum absolute atomic E-state index is 0.222. The molecule has 1 aliphatic heterocycles. The summed E-state index contributed by atoms with van der Waals surface area (Å²) in [7, 11) is 0. The molecule has 1 aliphatic carbocycles. The van der Waals surface area contributed by atoms with Crippen LogP contribution >= 0.6 is 0 Å². The molecule has 0 radical (unpaired) electrons. The van der Waals surface area contributed by atoms with E-state index in [2.05, 4.69) is 41.8 Å². The Morgan fingerprint density at radius 1 is 1.29 bits per heavy atom. The number of benzene rings is 1. The van der Waals surface area contributed by atoms with Crippen LogP contribution in [0.2, 0.25) is 0 Å². The Hall–Kier alpha value is -1.35. The fourth-order valence-electron chi connectivity index (χ4n) is 3.22. The van der Waals surface area contributed by atoms with Gasteiger partial charge in [-0.3, -0.25) is 4.79 Å². The predicted molar refractivity (Wildman–Crippen MR) is 85.0 cm³/mol. The molecular weight excluding hydrogens is 260 g/mol. The minimum Gasteiger partial charge on any atom is -0.349 e. The van der Waals surface area contributed by atoms with Gasteiger partial charge in [0.25, 0.3) is 0 Å². The van der Waals surface area contributed by atoms with Crippen LogP contribution in [0.4, 0.5) is 0 Å². The van der Waals surface area contributed by atoms with Gasteiger partial charge in [-0.05, 0) is 63.1 Å². The first kappa shape index (κ1) is 14.6. The Balaban J connectivity index is 1.54. The molecule has 1 saturated heterocycles. The average Bonchev–Trinajstić information content (AvgIpc) is 3.19. The number of hydrogen-bond donors (Lipinski definition) is 2. The van der Waals surface area contributed by atoms with E-state index in [0.717, 1.165) is 19.5 Å². The van der Waals surface area contributed by atoms with Crippen LogP contribution in [0.5, 0.6) is 0 Å². The number of amides is 1. The SMILES string of the molecule is Cc1ccc(C(NC(=O)CCC2CCNC2)C2CC2)cc1. The van der Waals surface area contributed by atoms with E-state index in [1.807, 2.05) is 0 Å². The Kier molecular flexibility index (Phi) is 4.59. The number of aryl methyl sites for hydroxylation is 1. The van der Waals surface area contributed by atoms with Crippen molar-refractivity contribution < 1.29 is 4.79 Å². The number of rotatable bonds is 6. The van der Waals surface area contributed by atoms with Crippen molar-refractivity contribution in [3.8, 4) is 0 Å². The molecule has 0 aromatic heterocycles. The topological polar surface area (TPSA) is 41.1 Å². The second-order valence-electron chi connectivity index (χ2n) is 6.69. The fourth-order valence-corrected chi connectivity index (χ4v) is 3.22. The molecule has 2 N–H and O–H groups in total. The van der Waals surface area contributed by atoms with Crippen molar-refractivity contribution in [3.05, 3.63) is 35.4 Å². The van der Waals surface area contributed by atoms with E-state index in [1.165, 1.54) is 30.4 Å². The van der Waals surface area contributed by atoms with Crippen LogP contribution in [0.1, 0.15) is 49.3 Å². The maximum Gasteiger partial charge on any atom is 0.220 e. The van der Waals surface area contributed by atoms with Crippen LogP contribution in [0, 0.1) is 18.8 Å². The zero-order chi connectivity index (χ0) is 14.7. The fraction of sp³-hybridized carbons (Fsp3) is 0.611. The zero-order valence-electron chi connectivity index (χ0n) is 12.9. The van der Waals surface area contributed by atoms with Gasteiger partial charge in [0.2, 0.25) is 5.91 Å². The normalized spacial score (nSPS) is 23.0. The van der Waals surface area contributed by atoms with E-state index in [-0.39, 0.29) is 11.9 Å². The Morgan fingerprint density at radius 2 is 2.05 bits per heavy atom.